The summed E-state index contributed by atoms with van der Waals surface area (Å²) in [4.78, 5) is 72.8. The molecule has 0 heterocycles. The van der Waals surface area contributed by atoms with Crippen molar-refractivity contribution in [3.8, 4) is 122 Å². The maximum Gasteiger partial charge on any atom is 0.303 e. The quantitative estimate of drug-likeness (QED) is 0.0247. The van der Waals surface area contributed by atoms with Crippen molar-refractivity contribution in [1.29, 1.82) is 0 Å². The molecule has 12 heteroatoms. The van der Waals surface area contributed by atoms with Crippen LogP contribution in [0.3, 0.4) is 0 Å². The molecule has 11 aliphatic carbocycles. The first-order valence-corrected chi connectivity index (χ1v) is 49.2. The van der Waals surface area contributed by atoms with Crippen molar-refractivity contribution < 1.29 is 59.4 Å². The Morgan fingerprint density at radius 3 is 0.479 bits per heavy atom. The maximum absolute atomic E-state index is 12.2. The highest BCUT2D eigenvalue weighted by molar-refractivity contribution is 6.17. The standard InChI is InChI=1S/C130H88O12/c131-105(132)65-13-71-1-19-77(20-2-71)83-31-43-89(44-32-83)125-111-95-55-56-96-98-58-60-100-102-62-64-104-103-63-61-101-99-59-57-97(95)113(125)115(99)127(91-47-35-85(36-48-91)79-23-5-73(6-24-79)15-67-107(135)136)117(101)119(103)129(93-51-39-87(40-52-93)81-27-9-75(10-28-81)17-69-109(139)140)120(104)118(102)128(92-49-37-86(38-50-92)80-25-7-74(8-26-80)16-68-108(137)138)116(100)114(98)126(112(96)111,90-45-33-84(34-46-90)78-21-3-72(4-22-78)14-66-106(133)134)122-121(125)123(127)130(129,124(122)128)94-53-41-88(42-54-94)82-29-11-76(12-30-82)18-70-110(141)142/h1-12,19-64H,13-18,65-70H2,(H,131,132)(H,133,134)(H,135,136)(H,137,138)(H,139,140)(H,141,142)/t125-,126+,127-,128+,129-,130+. The van der Waals surface area contributed by atoms with Crippen LogP contribution in [0.2, 0.25) is 0 Å². The summed E-state index contributed by atoms with van der Waals surface area (Å²) in [6.07, 6.45) is 2.44. The second kappa shape index (κ2) is 29.8. The molecule has 12 nitrogen and oxygen atoms in total. The molecule has 11 aliphatic rings. The van der Waals surface area contributed by atoms with Gasteiger partial charge >= 0.3 is 35.8 Å². The zero-order valence-electron chi connectivity index (χ0n) is 77.1. The van der Waals surface area contributed by atoms with Crippen LogP contribution in [0.15, 0.2) is 374 Å². The molecular formula is C130H88O12. The summed E-state index contributed by atoms with van der Waals surface area (Å²) in [5.74, 6) is -5.09. The van der Waals surface area contributed by atoms with Crippen LogP contribution < -0.4 is 0 Å². The van der Waals surface area contributed by atoms with Gasteiger partial charge in [0.2, 0.25) is 0 Å². The molecule has 142 heavy (non-hydrogen) atoms. The van der Waals surface area contributed by atoms with E-state index in [1.165, 1.54) is 122 Å². The molecular weight excluding hydrogens is 1750 g/mol. The number of allylic oxidation sites excluding steroid dienone is 4. The van der Waals surface area contributed by atoms with Crippen molar-refractivity contribution in [3.63, 3.8) is 0 Å². The number of fused-ring (bicyclic) bond motifs is 5. The van der Waals surface area contributed by atoms with E-state index in [0.717, 1.165) is 145 Å². The van der Waals surface area contributed by atoms with Crippen LogP contribution in [-0.4, -0.2) is 66.5 Å². The van der Waals surface area contributed by atoms with Gasteiger partial charge in [-0.05, 0) is 306 Å². The summed E-state index contributed by atoms with van der Waals surface area (Å²) in [5, 5.41) is 59.7. The zero-order chi connectivity index (χ0) is 95.7. The van der Waals surface area contributed by atoms with Crippen LogP contribution in [0.5, 0.6) is 0 Å². The van der Waals surface area contributed by atoms with Crippen molar-refractivity contribution in [3.05, 3.63) is 497 Å². The first-order chi connectivity index (χ1) is 69.3. The smallest absolute Gasteiger partial charge is 0.303 e. The lowest BCUT2D eigenvalue weighted by Crippen LogP contribution is -2.66. The molecule has 6 N–H and O–H groups in total. The summed E-state index contributed by atoms with van der Waals surface area (Å²) in [7, 11) is 0. The van der Waals surface area contributed by atoms with Gasteiger partial charge < -0.3 is 30.6 Å². The average molecular weight is 1840 g/mol. The predicted molar refractivity (Wildman–Crippen MR) is 549 cm³/mol. The van der Waals surface area contributed by atoms with Crippen LogP contribution in [0, 0.1) is 0 Å². The summed E-state index contributed by atoms with van der Waals surface area (Å²) in [6, 6.07) is 133. The first-order valence-electron chi connectivity index (χ1n) is 49.2. The van der Waals surface area contributed by atoms with Gasteiger partial charge in [-0.1, -0.05) is 352 Å². The molecule has 0 radical (unpaired) electrons. The second-order valence-electron chi connectivity index (χ2n) is 40.6. The molecule has 6 atom stereocenters. The third kappa shape index (κ3) is 10.6. The molecule has 0 fully saturated rings. The Labute approximate surface area is 818 Å². The third-order valence-electron chi connectivity index (χ3n) is 34.2. The molecule has 0 aliphatic heterocycles. The van der Waals surface area contributed by atoms with E-state index in [2.05, 4.69) is 352 Å². The monoisotopic (exact) mass is 1840 g/mol. The highest BCUT2D eigenvalue weighted by Gasteiger charge is 2.87. The normalized spacial score (nSPS) is 19.9. The molecule has 17 aromatic rings. The summed E-state index contributed by atoms with van der Waals surface area (Å²) >= 11 is 0. The van der Waals surface area contributed by atoms with Crippen LogP contribution in [0.25, 0.3) is 122 Å². The lowest BCUT2D eigenvalue weighted by Gasteiger charge is -2.67. The summed E-state index contributed by atoms with van der Waals surface area (Å²) in [5.41, 5.74) is 46.5. The summed E-state index contributed by atoms with van der Waals surface area (Å²) < 4.78 is 0. The van der Waals surface area contributed by atoms with Crippen molar-refractivity contribution >= 4 is 35.8 Å². The number of aryl methyl sites for hydroxylation is 6. The van der Waals surface area contributed by atoms with Crippen LogP contribution in [0.1, 0.15) is 161 Å². The number of carboxylic acids is 6. The number of carbonyl (C=O) groups is 6. The highest BCUT2D eigenvalue weighted by atomic mass is 16.4. The van der Waals surface area contributed by atoms with Crippen LogP contribution >= 0.6 is 0 Å². The number of hydrogen-bond donors (Lipinski definition) is 6. The molecule has 0 bridgehead atoms. The lowest BCUT2D eigenvalue weighted by atomic mass is 9.33. The van der Waals surface area contributed by atoms with E-state index < -0.39 is 68.3 Å². The number of aliphatic carboxylic acids is 6. The Kier molecular flexibility index (Phi) is 17.5. The Morgan fingerprint density at radius 1 is 0.155 bits per heavy atom. The Balaban J connectivity index is 0.831. The molecule has 0 saturated heterocycles. The molecule has 0 aromatic heterocycles. The van der Waals surface area contributed by atoms with Crippen LogP contribution in [0.4, 0.5) is 0 Å². The fraction of sp³-hybridized carbons (Fsp3) is 0.138. The fourth-order valence-electron chi connectivity index (χ4n) is 28.9. The minimum atomic E-state index is -1.35. The SMILES string of the molecule is O=C(O)CCc1ccc(-c2ccc([C@]34C5=C6[C@]7(c8ccc(-c9ccc(CCC(=O)O)cc9)cc8)c8c9ccc(c83)-c3ccc8c(c34)[C@]3(c4ccc(-c%10ccc(CCC(=O)O)cc%10)cc4)C5=C4[C@@]5(c%10ccc(-c%11ccc(CCC(=O)O)cc%11)cc%10)c%10c(ccc-8c%103)-c3ccc8c(c35)[C@@](c3ccc(-c5ccc(CCC(=O)O)cc5)cc3)(c3c-8ccc-9c37)[C@@]64c3ccc(-c4ccc(CCC(=O)O)cc4)cc3)cc2)cc1. The van der Waals surface area contributed by atoms with E-state index in [-0.39, 0.29) is 38.5 Å². The lowest BCUT2D eigenvalue weighted by molar-refractivity contribution is -0.138. The fourth-order valence-corrected chi connectivity index (χ4v) is 28.9. The van der Waals surface area contributed by atoms with Gasteiger partial charge in [-0.3, -0.25) is 28.8 Å². The molecule has 0 spiro atoms. The van der Waals surface area contributed by atoms with E-state index in [9.17, 15) is 59.4 Å². The van der Waals surface area contributed by atoms with Gasteiger partial charge in [-0.15, -0.1) is 0 Å². The van der Waals surface area contributed by atoms with E-state index in [1.54, 1.807) is 0 Å². The Morgan fingerprint density at radius 2 is 0.296 bits per heavy atom. The topological polar surface area (TPSA) is 224 Å². The number of hydrogen-bond acceptors (Lipinski definition) is 6. The minimum Gasteiger partial charge on any atom is -0.481 e. The largest absolute Gasteiger partial charge is 0.481 e. The van der Waals surface area contributed by atoms with Crippen molar-refractivity contribution in [1.82, 2.24) is 0 Å². The Bertz CT molecular complexity index is 8210. The first kappa shape index (κ1) is 83.2. The van der Waals surface area contributed by atoms with Crippen LogP contribution in [-0.2, 0) is 99.8 Å². The van der Waals surface area contributed by atoms with Crippen molar-refractivity contribution in [2.45, 2.75) is 110 Å². The van der Waals surface area contributed by atoms with E-state index >= 15 is 0 Å². The van der Waals surface area contributed by atoms with Gasteiger partial charge in [0.1, 0.15) is 0 Å². The second-order valence-corrected chi connectivity index (χ2v) is 40.6. The third-order valence-corrected chi connectivity index (χ3v) is 34.2. The predicted octanol–water partition coefficient (Wildman–Crippen LogP) is 26.3. The van der Waals surface area contributed by atoms with Gasteiger partial charge in [0.15, 0.2) is 0 Å². The van der Waals surface area contributed by atoms with E-state index in [0.29, 0.717) is 38.5 Å². The summed E-state index contributed by atoms with van der Waals surface area (Å²) in [6.45, 7) is 0. The van der Waals surface area contributed by atoms with E-state index in [1.807, 2.05) is 0 Å². The average Bonchev–Trinajstić information content (AvgIpc) is 1.38. The molecule has 17 aromatic carbocycles. The molecule has 28 rings (SSSR count). The van der Waals surface area contributed by atoms with Gasteiger partial charge in [-0.25, -0.2) is 0 Å². The molecule has 0 amide bonds. The van der Waals surface area contributed by atoms with Gasteiger partial charge in [0, 0.05) is 38.5 Å². The Hall–Kier alpha value is -17.0. The highest BCUT2D eigenvalue weighted by Crippen LogP contribution is 2.93. The molecule has 0 saturated carbocycles. The van der Waals surface area contributed by atoms with Gasteiger partial charge in [0.05, 0.1) is 32.5 Å². The number of benzene rings is 17. The van der Waals surface area contributed by atoms with Crippen molar-refractivity contribution in [2.75, 3.05) is 0 Å². The van der Waals surface area contributed by atoms with Crippen molar-refractivity contribution in [2.24, 2.45) is 0 Å². The number of rotatable bonds is 30. The maximum atomic E-state index is 12.2. The number of carboxylic acid groups (broad SMARTS) is 6. The molecule has 680 valence electrons. The minimum absolute atomic E-state index is 0.0000998. The molecule has 0 unspecified atom stereocenters. The van der Waals surface area contributed by atoms with E-state index in [4.69, 9.17) is 0 Å². The zero-order valence-corrected chi connectivity index (χ0v) is 77.1. The van der Waals surface area contributed by atoms with Gasteiger partial charge in [0.25, 0.3) is 0 Å². The van der Waals surface area contributed by atoms with Gasteiger partial charge in [-0.2, -0.15) is 0 Å².